The van der Waals surface area contributed by atoms with E-state index in [0.29, 0.717) is 41.7 Å². The van der Waals surface area contributed by atoms with Gasteiger partial charge in [0.05, 0.1) is 0 Å². The fraction of sp³-hybridized carbons (Fsp3) is 0.615. The second kappa shape index (κ2) is 6.40. The Labute approximate surface area is 168 Å². The lowest BCUT2D eigenvalue weighted by Crippen LogP contribution is -2.53. The van der Waals surface area contributed by atoms with Gasteiger partial charge in [0.25, 0.3) is 0 Å². The molecule has 4 aliphatic carbocycles. The highest BCUT2D eigenvalue weighted by atomic mass is 16.1. The third kappa shape index (κ3) is 2.60. The molecule has 1 aromatic rings. The Kier molecular flexibility index (Phi) is 4.19. The quantitative estimate of drug-likeness (QED) is 0.677. The summed E-state index contributed by atoms with van der Waals surface area (Å²) in [5.41, 5.74) is 2.86. The van der Waals surface area contributed by atoms with Gasteiger partial charge in [-0.3, -0.25) is 9.59 Å². The fourth-order valence-electron chi connectivity index (χ4n) is 7.65. The summed E-state index contributed by atoms with van der Waals surface area (Å²) in [6.45, 7) is 4.70. The molecule has 3 saturated carbocycles. The van der Waals surface area contributed by atoms with E-state index in [0.717, 1.165) is 44.9 Å². The molecule has 5 unspecified atom stereocenters. The molecule has 0 bridgehead atoms. The van der Waals surface area contributed by atoms with Crippen LogP contribution in [0.3, 0.4) is 0 Å². The number of allylic oxidation sites excluding steroid dienone is 1. The molecule has 0 aliphatic heterocycles. The number of ketones is 2. The molecule has 6 atom stereocenters. The minimum atomic E-state index is -0.0828. The van der Waals surface area contributed by atoms with Crippen LogP contribution in [0, 0.1) is 34.5 Å². The monoisotopic (exact) mass is 376 g/mol. The predicted molar refractivity (Wildman–Crippen MR) is 111 cm³/mol. The number of carbonyl (C=O) groups is 2. The minimum Gasteiger partial charge on any atom is -0.299 e. The molecule has 148 valence electrons. The van der Waals surface area contributed by atoms with Gasteiger partial charge in [0.1, 0.15) is 5.78 Å². The van der Waals surface area contributed by atoms with Gasteiger partial charge in [-0.15, -0.1) is 0 Å². The summed E-state index contributed by atoms with van der Waals surface area (Å²) in [5.74, 6) is 3.10. The Balaban J connectivity index is 1.55. The highest BCUT2D eigenvalue weighted by Crippen LogP contribution is 2.65. The third-order valence-corrected chi connectivity index (χ3v) is 9.15. The van der Waals surface area contributed by atoms with Crippen molar-refractivity contribution in [3.63, 3.8) is 0 Å². The zero-order chi connectivity index (χ0) is 19.5. The van der Waals surface area contributed by atoms with Crippen molar-refractivity contribution in [1.29, 1.82) is 0 Å². The Morgan fingerprint density at radius 3 is 2.46 bits per heavy atom. The van der Waals surface area contributed by atoms with Gasteiger partial charge in [-0.2, -0.15) is 0 Å². The summed E-state index contributed by atoms with van der Waals surface area (Å²) in [5, 5.41) is 0. The topological polar surface area (TPSA) is 34.1 Å². The summed E-state index contributed by atoms with van der Waals surface area (Å²) in [7, 11) is 0. The maximum Gasteiger partial charge on any atom is 0.155 e. The van der Waals surface area contributed by atoms with Crippen molar-refractivity contribution < 1.29 is 9.59 Å². The van der Waals surface area contributed by atoms with Crippen molar-refractivity contribution in [3.05, 3.63) is 47.5 Å². The van der Waals surface area contributed by atoms with Gasteiger partial charge in [0.15, 0.2) is 5.78 Å². The molecule has 5 rings (SSSR count). The van der Waals surface area contributed by atoms with Crippen LogP contribution in [0.25, 0.3) is 0 Å². The lowest BCUT2D eigenvalue weighted by molar-refractivity contribution is -0.133. The van der Waals surface area contributed by atoms with Crippen LogP contribution < -0.4 is 0 Å². The van der Waals surface area contributed by atoms with Gasteiger partial charge < -0.3 is 0 Å². The fourth-order valence-corrected chi connectivity index (χ4v) is 7.65. The molecule has 3 fully saturated rings. The largest absolute Gasteiger partial charge is 0.299 e. The van der Waals surface area contributed by atoms with Crippen LogP contribution in [0.1, 0.15) is 64.4 Å². The molecule has 28 heavy (non-hydrogen) atoms. The zero-order valence-electron chi connectivity index (χ0n) is 17.2. The molecule has 0 aromatic heterocycles. The van der Waals surface area contributed by atoms with Gasteiger partial charge >= 0.3 is 0 Å². The van der Waals surface area contributed by atoms with E-state index in [4.69, 9.17) is 0 Å². The van der Waals surface area contributed by atoms with E-state index in [1.807, 2.05) is 6.08 Å². The minimum absolute atomic E-state index is 0.0828. The summed E-state index contributed by atoms with van der Waals surface area (Å²) < 4.78 is 0. The van der Waals surface area contributed by atoms with E-state index in [9.17, 15) is 9.59 Å². The van der Waals surface area contributed by atoms with Gasteiger partial charge in [-0.1, -0.05) is 49.8 Å². The lowest BCUT2D eigenvalue weighted by Gasteiger charge is -2.59. The van der Waals surface area contributed by atoms with E-state index in [-0.39, 0.29) is 10.8 Å². The van der Waals surface area contributed by atoms with E-state index < -0.39 is 0 Å². The van der Waals surface area contributed by atoms with Crippen molar-refractivity contribution >= 4 is 11.6 Å². The maximum absolute atomic E-state index is 12.7. The van der Waals surface area contributed by atoms with Crippen molar-refractivity contribution in [2.45, 2.75) is 65.2 Å². The summed E-state index contributed by atoms with van der Waals surface area (Å²) in [4.78, 5) is 25.1. The first-order valence-electron chi connectivity index (χ1n) is 11.2. The maximum atomic E-state index is 12.7. The van der Waals surface area contributed by atoms with Gasteiger partial charge in [0.2, 0.25) is 0 Å². The second-order valence-corrected chi connectivity index (χ2v) is 10.4. The van der Waals surface area contributed by atoms with Crippen LogP contribution in [0.15, 0.2) is 42.0 Å². The summed E-state index contributed by atoms with van der Waals surface area (Å²) >= 11 is 0. The van der Waals surface area contributed by atoms with Crippen LogP contribution in [-0.2, 0) is 16.0 Å². The van der Waals surface area contributed by atoms with Crippen molar-refractivity contribution in [2.75, 3.05) is 0 Å². The molecule has 0 heterocycles. The average Bonchev–Trinajstić information content (AvgIpc) is 2.99. The van der Waals surface area contributed by atoms with E-state index in [2.05, 4.69) is 44.2 Å². The predicted octanol–water partition coefficient (Wildman–Crippen LogP) is 5.56. The molecule has 0 N–H and O–H groups in total. The zero-order valence-corrected chi connectivity index (χ0v) is 17.2. The molecular formula is C26H32O2. The number of carbonyl (C=O) groups excluding carboxylic acids is 2. The highest BCUT2D eigenvalue weighted by molar-refractivity contribution is 5.92. The van der Waals surface area contributed by atoms with Gasteiger partial charge in [-0.05, 0) is 79.3 Å². The molecule has 0 radical (unpaired) electrons. The Bertz CT molecular complexity index is 837. The third-order valence-electron chi connectivity index (χ3n) is 9.15. The molecule has 4 aliphatic rings. The van der Waals surface area contributed by atoms with E-state index >= 15 is 0 Å². The molecule has 2 heteroatoms. The van der Waals surface area contributed by atoms with Crippen LogP contribution in [-0.4, -0.2) is 11.6 Å². The number of hydrogen-bond donors (Lipinski definition) is 0. The number of benzene rings is 1. The van der Waals surface area contributed by atoms with E-state index in [1.54, 1.807) is 0 Å². The number of hydrogen-bond acceptors (Lipinski definition) is 2. The first kappa shape index (κ1) is 18.3. The number of Topliss-reactive ketones (excluding diaryl/α,β-unsaturated/α-hetero) is 1. The molecule has 0 spiro atoms. The first-order valence-corrected chi connectivity index (χ1v) is 11.2. The van der Waals surface area contributed by atoms with Crippen LogP contribution in [0.5, 0.6) is 0 Å². The van der Waals surface area contributed by atoms with Crippen LogP contribution in [0.4, 0.5) is 0 Å². The Morgan fingerprint density at radius 1 is 0.929 bits per heavy atom. The molecular weight excluding hydrogens is 344 g/mol. The summed E-state index contributed by atoms with van der Waals surface area (Å²) in [6, 6.07) is 10.8. The Hall–Kier alpha value is -1.70. The standard InChI is InChI=1S/C26H32O2/c1-25-12-10-19(27)16-23(25)18(14-17-6-4-3-5-7-17)15-20-21-8-9-24(28)26(21,2)13-11-22(20)25/h3-7,16,18,20-22H,8-15H2,1-2H3/t18-,20?,21?,22?,25?,26?/m0/s1. The van der Waals surface area contributed by atoms with Crippen molar-refractivity contribution in [2.24, 2.45) is 34.5 Å². The molecule has 1 aromatic carbocycles. The average molecular weight is 377 g/mol. The molecule has 0 amide bonds. The SMILES string of the molecule is CC12CCC3C(C[C@H](Cc4ccccc4)C4=CC(=O)CCC43C)C1CCC2=O. The number of rotatable bonds is 2. The Morgan fingerprint density at radius 2 is 1.68 bits per heavy atom. The summed E-state index contributed by atoms with van der Waals surface area (Å²) in [6.07, 6.45) is 9.98. The lowest BCUT2D eigenvalue weighted by atomic mass is 9.45. The van der Waals surface area contributed by atoms with Crippen LogP contribution >= 0.6 is 0 Å². The second-order valence-electron chi connectivity index (χ2n) is 10.4. The van der Waals surface area contributed by atoms with Crippen molar-refractivity contribution in [3.8, 4) is 0 Å². The first-order chi connectivity index (χ1) is 13.4. The van der Waals surface area contributed by atoms with Gasteiger partial charge in [-0.25, -0.2) is 0 Å². The van der Waals surface area contributed by atoms with E-state index in [1.165, 1.54) is 11.1 Å². The molecule has 0 saturated heterocycles. The normalized spacial score (nSPS) is 42.4. The van der Waals surface area contributed by atoms with Gasteiger partial charge in [0, 0.05) is 18.3 Å². The van der Waals surface area contributed by atoms with Crippen molar-refractivity contribution in [1.82, 2.24) is 0 Å². The highest BCUT2D eigenvalue weighted by Gasteiger charge is 2.60. The smallest absolute Gasteiger partial charge is 0.155 e. The number of fused-ring (bicyclic) bond motifs is 5. The van der Waals surface area contributed by atoms with Crippen LogP contribution in [0.2, 0.25) is 0 Å². The molecule has 2 nitrogen and oxygen atoms in total.